The number of hydrogen-bond donors (Lipinski definition) is 2. The topological polar surface area (TPSA) is 173 Å². The number of amides is 1. The van der Waals surface area contributed by atoms with Gasteiger partial charge in [0.1, 0.15) is 28.5 Å². The number of nitrogens with zero attached hydrogens (tertiary/aromatic N) is 5. The van der Waals surface area contributed by atoms with Gasteiger partial charge in [-0.05, 0) is 36.2 Å². The normalized spacial score (nSPS) is 10.4. The summed E-state index contributed by atoms with van der Waals surface area (Å²) in [6.07, 6.45) is 1.56. The van der Waals surface area contributed by atoms with Gasteiger partial charge in [0.2, 0.25) is 16.9 Å². The summed E-state index contributed by atoms with van der Waals surface area (Å²) in [7, 11) is 4.37. The molecule has 1 aromatic carbocycles. The molecule has 1 amide bonds. The molecule has 2 heterocycles. The van der Waals surface area contributed by atoms with E-state index in [1.807, 2.05) is 19.9 Å². The number of nitrogens with one attached hydrogen (secondary N) is 1. The Kier molecular flexibility index (Phi) is 8.19. The number of anilines is 2. The van der Waals surface area contributed by atoms with Gasteiger partial charge in [-0.2, -0.15) is 10.5 Å². The Balaban J connectivity index is 2.00. The number of rotatable bonds is 9. The van der Waals surface area contributed by atoms with Crippen molar-refractivity contribution in [1.29, 1.82) is 10.5 Å². The first-order valence-electron chi connectivity index (χ1n) is 10.5. The maximum absolute atomic E-state index is 12.5. The molecule has 13 heteroatoms. The van der Waals surface area contributed by atoms with E-state index in [1.165, 1.54) is 21.3 Å². The van der Waals surface area contributed by atoms with Crippen molar-refractivity contribution in [3.8, 4) is 40.5 Å². The summed E-state index contributed by atoms with van der Waals surface area (Å²) in [4.78, 5) is 16.7. The van der Waals surface area contributed by atoms with E-state index < -0.39 is 5.91 Å². The van der Waals surface area contributed by atoms with Crippen LogP contribution in [0.2, 0.25) is 0 Å². The number of carbonyl (C=O) groups excluding carboxylic acids is 1. The molecular formula is C23H24N7O5S+. The molecule has 2 aromatic heterocycles. The van der Waals surface area contributed by atoms with E-state index >= 15 is 0 Å². The third-order valence-electron chi connectivity index (χ3n) is 4.98. The van der Waals surface area contributed by atoms with Crippen LogP contribution in [0.25, 0.3) is 11.1 Å². The van der Waals surface area contributed by atoms with Gasteiger partial charge >= 0.3 is 5.88 Å². The van der Waals surface area contributed by atoms with Gasteiger partial charge in [0, 0.05) is 5.56 Å². The Bertz CT molecular complexity index is 1350. The lowest BCUT2D eigenvalue weighted by molar-refractivity contribution is -0.779. The zero-order chi connectivity index (χ0) is 26.4. The minimum Gasteiger partial charge on any atom is -0.493 e. The zero-order valence-corrected chi connectivity index (χ0v) is 21.1. The van der Waals surface area contributed by atoms with Gasteiger partial charge in [-0.15, -0.1) is 0 Å². The predicted octanol–water partition coefficient (Wildman–Crippen LogP) is 2.69. The summed E-state index contributed by atoms with van der Waals surface area (Å²) in [5, 5.41) is 26.4. The molecule has 3 rings (SSSR count). The van der Waals surface area contributed by atoms with Crippen LogP contribution < -0.4 is 29.9 Å². The highest BCUT2D eigenvalue weighted by atomic mass is 32.2. The smallest absolute Gasteiger partial charge is 0.302 e. The summed E-state index contributed by atoms with van der Waals surface area (Å²) in [6.45, 7) is 3.83. The number of pyridine rings is 1. The van der Waals surface area contributed by atoms with Gasteiger partial charge in [-0.25, -0.2) is 4.98 Å². The molecule has 0 spiro atoms. The molecule has 3 aromatic rings. The van der Waals surface area contributed by atoms with Crippen molar-refractivity contribution >= 4 is 29.4 Å². The first-order valence-corrected chi connectivity index (χ1v) is 11.5. The minimum atomic E-state index is -0.407. The average Bonchev–Trinajstić information content (AvgIpc) is 3.34. The first kappa shape index (κ1) is 26.1. The lowest BCUT2D eigenvalue weighted by Gasteiger charge is -2.17. The van der Waals surface area contributed by atoms with Gasteiger partial charge < -0.3 is 19.9 Å². The summed E-state index contributed by atoms with van der Waals surface area (Å²) in [5.74, 6) is 0.583. The van der Waals surface area contributed by atoms with Crippen LogP contribution in [-0.4, -0.2) is 43.2 Å². The number of thioether (sulfide) groups is 1. The molecule has 12 nitrogen and oxygen atoms in total. The molecule has 0 bridgehead atoms. The lowest BCUT2D eigenvalue weighted by atomic mass is 9.96. The fourth-order valence-corrected chi connectivity index (χ4v) is 4.08. The number of nitrogens with two attached hydrogens (primary N) is 1. The molecule has 3 N–H and O–H groups in total. The van der Waals surface area contributed by atoms with E-state index in [0.717, 1.165) is 11.8 Å². The highest BCUT2D eigenvalue weighted by molar-refractivity contribution is 8.00. The molecule has 36 heavy (non-hydrogen) atoms. The van der Waals surface area contributed by atoms with E-state index in [0.29, 0.717) is 22.8 Å². The van der Waals surface area contributed by atoms with Crippen LogP contribution in [0.1, 0.15) is 31.0 Å². The van der Waals surface area contributed by atoms with Crippen LogP contribution >= 0.6 is 11.8 Å². The van der Waals surface area contributed by atoms with E-state index in [2.05, 4.69) is 21.6 Å². The molecule has 186 valence electrons. The van der Waals surface area contributed by atoms with Crippen molar-refractivity contribution in [2.45, 2.75) is 24.9 Å². The number of nitriles is 2. The Morgan fingerprint density at radius 3 is 2.31 bits per heavy atom. The monoisotopic (exact) mass is 510 g/mol. The van der Waals surface area contributed by atoms with Gasteiger partial charge in [0.15, 0.2) is 17.5 Å². The summed E-state index contributed by atoms with van der Waals surface area (Å²) in [5.41, 5.74) is 6.83. The van der Waals surface area contributed by atoms with Crippen LogP contribution in [0.5, 0.6) is 17.2 Å². The largest absolute Gasteiger partial charge is 0.493 e. The molecule has 0 saturated heterocycles. The second kappa shape index (κ2) is 11.3. The van der Waals surface area contributed by atoms with E-state index in [4.69, 9.17) is 24.5 Å². The van der Waals surface area contributed by atoms with Crippen LogP contribution in [0, 0.1) is 22.7 Å². The van der Waals surface area contributed by atoms with Crippen LogP contribution in [0.3, 0.4) is 0 Å². The molecule has 0 aliphatic carbocycles. The zero-order valence-electron chi connectivity index (χ0n) is 20.3. The van der Waals surface area contributed by atoms with E-state index in [9.17, 15) is 15.3 Å². The highest BCUT2D eigenvalue weighted by Crippen LogP contribution is 2.44. The number of carbonyl (C=O) groups is 1. The van der Waals surface area contributed by atoms with Crippen molar-refractivity contribution in [2.24, 2.45) is 0 Å². The van der Waals surface area contributed by atoms with Gasteiger partial charge in [-0.3, -0.25) is 14.6 Å². The minimum absolute atomic E-state index is 0.00882. The van der Waals surface area contributed by atoms with Crippen LogP contribution in [0.4, 0.5) is 11.7 Å². The predicted molar refractivity (Wildman–Crippen MR) is 130 cm³/mol. The molecular weight excluding hydrogens is 486 g/mol. The van der Waals surface area contributed by atoms with Crippen molar-refractivity contribution in [3.63, 3.8) is 0 Å². The maximum atomic E-state index is 12.5. The number of methoxy groups -OCH3 is 3. The molecule has 0 aliphatic rings. The fourth-order valence-electron chi connectivity index (χ4n) is 3.28. The highest BCUT2D eigenvalue weighted by Gasteiger charge is 2.24. The fraction of sp³-hybridized carbons (Fsp3) is 0.304. The summed E-state index contributed by atoms with van der Waals surface area (Å²) < 4.78 is 22.8. The van der Waals surface area contributed by atoms with Crippen molar-refractivity contribution in [3.05, 3.63) is 29.5 Å². The number of ether oxygens (including phenoxy) is 3. The van der Waals surface area contributed by atoms with Gasteiger partial charge in [-0.1, -0.05) is 11.8 Å². The molecule has 0 unspecified atom stereocenters. The third-order valence-corrected chi connectivity index (χ3v) is 5.96. The first-order chi connectivity index (χ1) is 17.3. The Hall–Kier alpha value is -4.49. The third kappa shape index (κ3) is 5.26. The molecule has 0 fully saturated rings. The number of benzene rings is 1. The van der Waals surface area contributed by atoms with E-state index in [-0.39, 0.29) is 45.2 Å². The molecule has 0 radical (unpaired) electrons. The molecule has 0 atom stereocenters. The molecule has 0 aliphatic heterocycles. The van der Waals surface area contributed by atoms with Crippen LogP contribution in [0.15, 0.2) is 27.9 Å². The molecule has 0 saturated carbocycles. The second-order valence-electron chi connectivity index (χ2n) is 7.54. The second-order valence-corrected chi connectivity index (χ2v) is 8.51. The summed E-state index contributed by atoms with van der Waals surface area (Å²) >= 11 is 0.991. The van der Waals surface area contributed by atoms with Gasteiger partial charge in [0.25, 0.3) is 6.20 Å². The Morgan fingerprint density at radius 2 is 1.81 bits per heavy atom. The van der Waals surface area contributed by atoms with Crippen LogP contribution in [-0.2, 0) is 4.79 Å². The number of aromatic nitrogens is 3. The van der Waals surface area contributed by atoms with Crippen molar-refractivity contribution in [2.75, 3.05) is 38.1 Å². The Labute approximate surface area is 211 Å². The lowest BCUT2D eigenvalue weighted by Crippen LogP contribution is -2.36. The van der Waals surface area contributed by atoms with Gasteiger partial charge in [0.05, 0.1) is 32.6 Å². The van der Waals surface area contributed by atoms with Crippen molar-refractivity contribution in [1.82, 2.24) is 10.3 Å². The SMILES string of the molecule is COc1cc(-c2c(C#N)c(N)nc(SCC(=O)Nc3c[n+](C(C)C)no3)c2C#N)cc(OC)c1OC. The standard InChI is InChI=1S/C23H23N7O5S/c1-12(2)30-10-19(35-29-30)27-18(31)11-36-23-15(9-25)20(14(8-24)22(26)28-23)13-6-16(32-3)21(34-5)17(7-13)33-4/h6-7,10,12H,11H2,1-5H3,(H2-,26,27,28,29,31)/p+1. The number of hydrogen-bond acceptors (Lipinski definition) is 11. The average molecular weight is 511 g/mol. The van der Waals surface area contributed by atoms with E-state index in [1.54, 1.807) is 23.0 Å². The summed E-state index contributed by atoms with van der Waals surface area (Å²) in [6, 6.07) is 7.38. The quantitative estimate of drug-likeness (QED) is 0.320. The van der Waals surface area contributed by atoms with Crippen molar-refractivity contribution < 1.29 is 28.2 Å². The Morgan fingerprint density at radius 1 is 1.17 bits per heavy atom. The number of nitrogen functional groups attached to an aromatic ring is 1. The maximum Gasteiger partial charge on any atom is 0.302 e.